The summed E-state index contributed by atoms with van der Waals surface area (Å²) in [4.78, 5) is 34.7. The minimum absolute atomic E-state index is 0.0457. The molecular weight excluding hydrogens is 653 g/mol. The van der Waals surface area contributed by atoms with Gasteiger partial charge in [-0.05, 0) is 51.4 Å². The van der Waals surface area contributed by atoms with Crippen LogP contribution in [0, 0.1) is 0 Å². The van der Waals surface area contributed by atoms with Crippen LogP contribution in [0.25, 0.3) is 0 Å². The van der Waals surface area contributed by atoms with Crippen LogP contribution >= 0.6 is 7.82 Å². The molecule has 0 saturated heterocycles. The van der Waals surface area contributed by atoms with E-state index in [2.05, 4.69) is 56.4 Å². The van der Waals surface area contributed by atoms with Crippen LogP contribution < -0.4 is 5.73 Å². The predicted molar refractivity (Wildman–Crippen MR) is 206 cm³/mol. The first-order valence-corrected chi connectivity index (χ1v) is 21.1. The number of phosphoric acid groups is 1. The van der Waals surface area contributed by atoms with Gasteiger partial charge < -0.3 is 20.1 Å². The van der Waals surface area contributed by atoms with Crippen molar-refractivity contribution in [2.75, 3.05) is 26.4 Å². The first-order valence-electron chi connectivity index (χ1n) is 19.6. The lowest BCUT2D eigenvalue weighted by Crippen LogP contribution is -2.29. The second-order valence-corrected chi connectivity index (χ2v) is 14.3. The Labute approximate surface area is 305 Å². The number of rotatable bonds is 36. The first-order chi connectivity index (χ1) is 24.3. The standard InChI is InChI=1S/C40H72NO8P/c1-3-5-7-9-11-13-15-17-18-19-20-21-23-24-26-28-30-32-39(42)46-36-38(37-48-50(44,45)47-35-34-41)49-40(43)33-31-29-27-25-22-16-14-12-10-8-6-4-2/h11,13,17-18,20-21,24,26,38H,3-10,12,14-16,19,22-23,25,27-37,41H2,1-2H3,(H,44,45)/b13-11-,18-17-,21-20-,26-24-/t38-/m1/s1. The molecule has 0 fully saturated rings. The van der Waals surface area contributed by atoms with Gasteiger partial charge in [0.15, 0.2) is 6.10 Å². The Hall–Kier alpha value is -2.03. The second-order valence-electron chi connectivity index (χ2n) is 12.8. The minimum atomic E-state index is -4.38. The number of unbranched alkanes of at least 4 members (excludes halogenated alkanes) is 15. The molecule has 0 aliphatic carbocycles. The van der Waals surface area contributed by atoms with Crippen LogP contribution in [0.3, 0.4) is 0 Å². The van der Waals surface area contributed by atoms with Gasteiger partial charge in [-0.25, -0.2) is 4.57 Å². The highest BCUT2D eigenvalue weighted by Gasteiger charge is 2.25. The second kappa shape index (κ2) is 36.8. The highest BCUT2D eigenvalue weighted by atomic mass is 31.2. The largest absolute Gasteiger partial charge is 0.472 e. The average molecular weight is 726 g/mol. The molecule has 0 aliphatic heterocycles. The monoisotopic (exact) mass is 725 g/mol. The lowest BCUT2D eigenvalue weighted by atomic mass is 10.0. The lowest BCUT2D eigenvalue weighted by Gasteiger charge is -2.19. The van der Waals surface area contributed by atoms with E-state index in [-0.39, 0.29) is 32.6 Å². The van der Waals surface area contributed by atoms with Crippen molar-refractivity contribution in [1.82, 2.24) is 0 Å². The third-order valence-corrected chi connectivity index (χ3v) is 8.95. The number of hydrogen-bond donors (Lipinski definition) is 2. The Balaban J connectivity index is 4.30. The van der Waals surface area contributed by atoms with E-state index in [0.29, 0.717) is 12.8 Å². The summed E-state index contributed by atoms with van der Waals surface area (Å²) in [5.74, 6) is -0.896. The van der Waals surface area contributed by atoms with Gasteiger partial charge in [0, 0.05) is 19.4 Å². The van der Waals surface area contributed by atoms with Gasteiger partial charge in [-0.15, -0.1) is 0 Å². The number of carbonyl (C=O) groups excluding carboxylic acids is 2. The van der Waals surface area contributed by atoms with Gasteiger partial charge in [0.2, 0.25) is 0 Å². The fourth-order valence-electron chi connectivity index (χ4n) is 5.04. The fraction of sp³-hybridized carbons (Fsp3) is 0.750. The summed E-state index contributed by atoms with van der Waals surface area (Å²) in [6, 6.07) is 0. The summed E-state index contributed by atoms with van der Waals surface area (Å²) in [6.45, 7) is 3.62. The summed E-state index contributed by atoms with van der Waals surface area (Å²) < 4.78 is 32.6. The molecule has 0 radical (unpaired) electrons. The maximum Gasteiger partial charge on any atom is 0.472 e. The van der Waals surface area contributed by atoms with Gasteiger partial charge in [-0.2, -0.15) is 0 Å². The molecule has 0 heterocycles. The summed E-state index contributed by atoms with van der Waals surface area (Å²) >= 11 is 0. The number of esters is 2. The fourth-order valence-corrected chi connectivity index (χ4v) is 5.80. The maximum atomic E-state index is 12.5. The van der Waals surface area contributed by atoms with Crippen molar-refractivity contribution in [3.8, 4) is 0 Å². The molecule has 290 valence electrons. The van der Waals surface area contributed by atoms with Gasteiger partial charge in [-0.1, -0.05) is 146 Å². The third kappa shape index (κ3) is 35.8. The normalized spacial score (nSPS) is 13.9. The summed E-state index contributed by atoms with van der Waals surface area (Å²) in [6.07, 6.45) is 40.0. The Kier molecular flexibility index (Phi) is 35.3. The SMILES string of the molecule is CCCCC/C=C\C/C=C\C/C=C\C/C=C\CCCC(=O)OC[C@H](COP(=O)(O)OCCN)OC(=O)CCCCCCCCCCCCCC. The summed E-state index contributed by atoms with van der Waals surface area (Å²) in [7, 11) is -4.38. The smallest absolute Gasteiger partial charge is 0.462 e. The van der Waals surface area contributed by atoms with Crippen molar-refractivity contribution in [3.05, 3.63) is 48.6 Å². The summed E-state index contributed by atoms with van der Waals surface area (Å²) in [5.41, 5.74) is 5.33. The van der Waals surface area contributed by atoms with Crippen molar-refractivity contribution in [2.24, 2.45) is 5.73 Å². The molecular formula is C40H72NO8P. The van der Waals surface area contributed by atoms with E-state index >= 15 is 0 Å². The average Bonchev–Trinajstić information content (AvgIpc) is 3.10. The zero-order chi connectivity index (χ0) is 36.8. The van der Waals surface area contributed by atoms with Gasteiger partial charge in [0.1, 0.15) is 6.61 Å². The molecule has 0 saturated carbocycles. The molecule has 0 aromatic carbocycles. The van der Waals surface area contributed by atoms with Gasteiger partial charge in [-0.3, -0.25) is 18.6 Å². The summed E-state index contributed by atoms with van der Waals surface area (Å²) in [5, 5.41) is 0. The van der Waals surface area contributed by atoms with Crippen LogP contribution in [0.5, 0.6) is 0 Å². The zero-order valence-corrected chi connectivity index (χ0v) is 32.5. The molecule has 1 unspecified atom stereocenters. The molecule has 0 bridgehead atoms. The quantitative estimate of drug-likeness (QED) is 0.0280. The molecule has 0 spiro atoms. The van der Waals surface area contributed by atoms with Gasteiger partial charge in [0.05, 0.1) is 13.2 Å². The van der Waals surface area contributed by atoms with E-state index in [1.165, 1.54) is 77.0 Å². The topological polar surface area (TPSA) is 134 Å². The Morgan fingerprint density at radius 3 is 1.60 bits per heavy atom. The molecule has 0 amide bonds. The minimum Gasteiger partial charge on any atom is -0.462 e. The predicted octanol–water partition coefficient (Wildman–Crippen LogP) is 10.8. The van der Waals surface area contributed by atoms with Crippen molar-refractivity contribution in [3.63, 3.8) is 0 Å². The van der Waals surface area contributed by atoms with Crippen LogP contribution in [-0.2, 0) is 32.7 Å². The zero-order valence-electron chi connectivity index (χ0n) is 31.6. The van der Waals surface area contributed by atoms with Crippen molar-refractivity contribution < 1.29 is 37.6 Å². The molecule has 0 rings (SSSR count). The molecule has 0 aliphatic rings. The molecule has 0 aromatic heterocycles. The number of hydrogen-bond acceptors (Lipinski definition) is 8. The highest BCUT2D eigenvalue weighted by Crippen LogP contribution is 2.43. The third-order valence-electron chi connectivity index (χ3n) is 7.97. The van der Waals surface area contributed by atoms with E-state index in [4.69, 9.17) is 24.3 Å². The van der Waals surface area contributed by atoms with Gasteiger partial charge in [0.25, 0.3) is 0 Å². The Morgan fingerprint density at radius 2 is 1.06 bits per heavy atom. The number of phosphoric ester groups is 1. The van der Waals surface area contributed by atoms with Crippen molar-refractivity contribution in [1.29, 1.82) is 0 Å². The molecule has 2 atom stereocenters. The Morgan fingerprint density at radius 1 is 0.600 bits per heavy atom. The van der Waals surface area contributed by atoms with E-state index in [1.807, 2.05) is 6.08 Å². The number of ether oxygens (including phenoxy) is 2. The molecule has 10 heteroatoms. The van der Waals surface area contributed by atoms with Crippen LogP contribution in [0.1, 0.15) is 162 Å². The molecule has 3 N–H and O–H groups in total. The van der Waals surface area contributed by atoms with E-state index in [1.54, 1.807) is 0 Å². The number of carbonyl (C=O) groups is 2. The van der Waals surface area contributed by atoms with Crippen LogP contribution in [0.4, 0.5) is 0 Å². The number of nitrogens with two attached hydrogens (primary N) is 1. The van der Waals surface area contributed by atoms with Crippen molar-refractivity contribution in [2.45, 2.75) is 168 Å². The molecule has 50 heavy (non-hydrogen) atoms. The van der Waals surface area contributed by atoms with E-state index in [0.717, 1.165) is 44.9 Å². The van der Waals surface area contributed by atoms with Crippen molar-refractivity contribution >= 4 is 19.8 Å². The van der Waals surface area contributed by atoms with E-state index in [9.17, 15) is 19.0 Å². The van der Waals surface area contributed by atoms with E-state index < -0.39 is 32.5 Å². The maximum absolute atomic E-state index is 12.5. The number of allylic oxidation sites excluding steroid dienone is 8. The van der Waals surface area contributed by atoms with Crippen LogP contribution in [0.15, 0.2) is 48.6 Å². The van der Waals surface area contributed by atoms with Crippen LogP contribution in [0.2, 0.25) is 0 Å². The first kappa shape index (κ1) is 48.0. The molecule has 9 nitrogen and oxygen atoms in total. The molecule has 0 aromatic rings. The van der Waals surface area contributed by atoms with Crippen LogP contribution in [-0.4, -0.2) is 49.3 Å². The lowest BCUT2D eigenvalue weighted by molar-refractivity contribution is -0.161. The Bertz CT molecular complexity index is 965. The van der Waals surface area contributed by atoms with Gasteiger partial charge >= 0.3 is 19.8 Å². The highest BCUT2D eigenvalue weighted by molar-refractivity contribution is 7.47.